The van der Waals surface area contributed by atoms with Crippen molar-refractivity contribution in [2.45, 2.75) is 32.7 Å². The zero-order valence-corrected chi connectivity index (χ0v) is 8.03. The van der Waals surface area contributed by atoms with Crippen LogP contribution < -0.4 is 5.73 Å². The zero-order valence-electron chi connectivity index (χ0n) is 8.03. The van der Waals surface area contributed by atoms with Gasteiger partial charge in [0.2, 0.25) is 0 Å². The molecule has 2 N–H and O–H groups in total. The van der Waals surface area contributed by atoms with Gasteiger partial charge in [-0.2, -0.15) is 0 Å². The van der Waals surface area contributed by atoms with Crippen molar-refractivity contribution in [2.75, 3.05) is 0 Å². The van der Waals surface area contributed by atoms with Crippen molar-refractivity contribution < 1.29 is 0 Å². The average Bonchev–Trinajstić information content (AvgIpc) is 2.28. The highest BCUT2D eigenvalue weighted by Crippen LogP contribution is 2.22. The molecular formula is C11H19N. The standard InChI is InChI=1S/C11H19N/c1-3-10-6-4-5-7-11(8-10)9(2)12/h4-7,9-11H,3,8,12H2,1-2H3/t9?,10-,11?/m0/s1. The number of hydrogen-bond acceptors (Lipinski definition) is 1. The Morgan fingerprint density at radius 1 is 1.42 bits per heavy atom. The molecule has 0 saturated carbocycles. The normalized spacial score (nSPS) is 31.6. The Hall–Kier alpha value is -0.560. The van der Waals surface area contributed by atoms with Crippen molar-refractivity contribution in [3.05, 3.63) is 24.3 Å². The van der Waals surface area contributed by atoms with E-state index >= 15 is 0 Å². The van der Waals surface area contributed by atoms with Crippen molar-refractivity contribution in [3.63, 3.8) is 0 Å². The van der Waals surface area contributed by atoms with Gasteiger partial charge in [0, 0.05) is 6.04 Å². The van der Waals surface area contributed by atoms with Crippen LogP contribution in [0, 0.1) is 11.8 Å². The Balaban J connectivity index is 2.57. The fourth-order valence-electron chi connectivity index (χ4n) is 1.63. The highest BCUT2D eigenvalue weighted by Gasteiger charge is 2.15. The van der Waals surface area contributed by atoms with Crippen molar-refractivity contribution >= 4 is 0 Å². The molecule has 0 saturated heterocycles. The molecule has 1 aliphatic carbocycles. The summed E-state index contributed by atoms with van der Waals surface area (Å²) in [7, 11) is 0. The summed E-state index contributed by atoms with van der Waals surface area (Å²) >= 11 is 0. The number of hydrogen-bond donors (Lipinski definition) is 1. The first-order chi connectivity index (χ1) is 5.74. The Kier molecular flexibility index (Phi) is 3.54. The van der Waals surface area contributed by atoms with Crippen molar-refractivity contribution in [1.82, 2.24) is 0 Å². The minimum absolute atomic E-state index is 0.287. The molecule has 1 aliphatic rings. The molecule has 1 rings (SSSR count). The highest BCUT2D eigenvalue weighted by molar-refractivity contribution is 5.11. The van der Waals surface area contributed by atoms with E-state index < -0.39 is 0 Å². The van der Waals surface area contributed by atoms with E-state index in [0.29, 0.717) is 5.92 Å². The van der Waals surface area contributed by atoms with E-state index in [4.69, 9.17) is 5.73 Å². The Bertz CT molecular complexity index is 179. The van der Waals surface area contributed by atoms with Crippen LogP contribution in [-0.4, -0.2) is 6.04 Å². The molecule has 1 nitrogen and oxygen atoms in total. The van der Waals surface area contributed by atoms with Crippen molar-refractivity contribution in [1.29, 1.82) is 0 Å². The van der Waals surface area contributed by atoms with Crippen LogP contribution in [0.3, 0.4) is 0 Å². The van der Waals surface area contributed by atoms with Gasteiger partial charge in [-0.05, 0) is 31.6 Å². The predicted molar refractivity (Wildman–Crippen MR) is 53.8 cm³/mol. The maximum absolute atomic E-state index is 5.87. The first kappa shape index (κ1) is 9.53. The topological polar surface area (TPSA) is 26.0 Å². The largest absolute Gasteiger partial charge is 0.327 e. The lowest BCUT2D eigenvalue weighted by molar-refractivity contribution is 0.425. The lowest BCUT2D eigenvalue weighted by Gasteiger charge is -2.19. The number of nitrogens with two attached hydrogens (primary N) is 1. The molecule has 0 amide bonds. The first-order valence-electron chi connectivity index (χ1n) is 4.84. The summed E-state index contributed by atoms with van der Waals surface area (Å²) in [6.07, 6.45) is 11.2. The van der Waals surface area contributed by atoms with E-state index in [2.05, 4.69) is 38.2 Å². The zero-order chi connectivity index (χ0) is 8.97. The fourth-order valence-corrected chi connectivity index (χ4v) is 1.63. The van der Waals surface area contributed by atoms with Gasteiger partial charge in [-0.3, -0.25) is 0 Å². The fraction of sp³-hybridized carbons (Fsp3) is 0.636. The number of rotatable bonds is 2. The van der Waals surface area contributed by atoms with Crippen LogP contribution in [0.4, 0.5) is 0 Å². The molecule has 68 valence electrons. The van der Waals surface area contributed by atoms with Crippen LogP contribution in [0.25, 0.3) is 0 Å². The monoisotopic (exact) mass is 165 g/mol. The SMILES string of the molecule is CC[C@H]1C=CC=CC(C(C)N)C1. The smallest absolute Gasteiger partial charge is 0.00737 e. The van der Waals surface area contributed by atoms with E-state index in [0.717, 1.165) is 5.92 Å². The highest BCUT2D eigenvalue weighted by atomic mass is 14.6. The van der Waals surface area contributed by atoms with Crippen LogP contribution in [0.2, 0.25) is 0 Å². The van der Waals surface area contributed by atoms with Gasteiger partial charge in [0.25, 0.3) is 0 Å². The summed E-state index contributed by atoms with van der Waals surface area (Å²) in [5, 5.41) is 0. The molecule has 0 spiro atoms. The minimum atomic E-state index is 0.287. The summed E-state index contributed by atoms with van der Waals surface area (Å²) in [5.41, 5.74) is 5.87. The van der Waals surface area contributed by atoms with Crippen LogP contribution >= 0.6 is 0 Å². The van der Waals surface area contributed by atoms with Crippen LogP contribution in [-0.2, 0) is 0 Å². The van der Waals surface area contributed by atoms with Gasteiger partial charge < -0.3 is 5.73 Å². The Morgan fingerprint density at radius 3 is 2.67 bits per heavy atom. The Labute approximate surface area is 75.3 Å². The van der Waals surface area contributed by atoms with Crippen molar-refractivity contribution in [2.24, 2.45) is 17.6 Å². The third-order valence-corrected chi connectivity index (χ3v) is 2.63. The third-order valence-electron chi connectivity index (χ3n) is 2.63. The molecule has 12 heavy (non-hydrogen) atoms. The molecule has 0 bridgehead atoms. The first-order valence-corrected chi connectivity index (χ1v) is 4.84. The minimum Gasteiger partial charge on any atom is -0.327 e. The van der Waals surface area contributed by atoms with Crippen LogP contribution in [0.5, 0.6) is 0 Å². The van der Waals surface area contributed by atoms with Crippen LogP contribution in [0.1, 0.15) is 26.7 Å². The molecular weight excluding hydrogens is 146 g/mol. The summed E-state index contributed by atoms with van der Waals surface area (Å²) in [6.45, 7) is 4.33. The molecule has 3 atom stereocenters. The lowest BCUT2D eigenvalue weighted by Crippen LogP contribution is -2.26. The molecule has 0 radical (unpaired) electrons. The van der Waals surface area contributed by atoms with Gasteiger partial charge in [0.15, 0.2) is 0 Å². The molecule has 0 heterocycles. The Morgan fingerprint density at radius 2 is 2.08 bits per heavy atom. The van der Waals surface area contributed by atoms with Gasteiger partial charge in [-0.25, -0.2) is 0 Å². The quantitative estimate of drug-likeness (QED) is 0.668. The van der Waals surface area contributed by atoms with Gasteiger partial charge in [0.05, 0.1) is 0 Å². The second-order valence-electron chi connectivity index (χ2n) is 3.70. The van der Waals surface area contributed by atoms with Gasteiger partial charge in [0.1, 0.15) is 0 Å². The summed E-state index contributed by atoms with van der Waals surface area (Å²) < 4.78 is 0. The second-order valence-corrected chi connectivity index (χ2v) is 3.70. The van der Waals surface area contributed by atoms with Gasteiger partial charge in [-0.15, -0.1) is 0 Å². The maximum atomic E-state index is 5.87. The summed E-state index contributed by atoms with van der Waals surface area (Å²) in [6, 6.07) is 0.287. The van der Waals surface area contributed by atoms with Crippen molar-refractivity contribution in [3.8, 4) is 0 Å². The van der Waals surface area contributed by atoms with E-state index in [1.807, 2.05) is 0 Å². The third kappa shape index (κ3) is 2.49. The van der Waals surface area contributed by atoms with E-state index in [9.17, 15) is 0 Å². The van der Waals surface area contributed by atoms with Crippen LogP contribution in [0.15, 0.2) is 24.3 Å². The van der Waals surface area contributed by atoms with E-state index in [1.165, 1.54) is 12.8 Å². The molecule has 2 unspecified atom stereocenters. The second kappa shape index (κ2) is 4.46. The van der Waals surface area contributed by atoms with Gasteiger partial charge in [-0.1, -0.05) is 31.2 Å². The molecule has 0 aromatic carbocycles. The predicted octanol–water partition coefficient (Wildman–Crippen LogP) is 2.49. The molecule has 0 aromatic heterocycles. The van der Waals surface area contributed by atoms with E-state index in [1.54, 1.807) is 0 Å². The molecule has 0 fully saturated rings. The molecule has 0 aliphatic heterocycles. The van der Waals surface area contributed by atoms with E-state index in [-0.39, 0.29) is 6.04 Å². The molecule has 1 heteroatoms. The summed E-state index contributed by atoms with van der Waals surface area (Å²) in [5.74, 6) is 1.28. The lowest BCUT2D eigenvalue weighted by atomic mass is 9.89. The van der Waals surface area contributed by atoms with Gasteiger partial charge >= 0.3 is 0 Å². The number of allylic oxidation sites excluding steroid dienone is 3. The average molecular weight is 165 g/mol. The molecule has 0 aromatic rings. The maximum Gasteiger partial charge on any atom is 0.00737 e. The summed E-state index contributed by atoms with van der Waals surface area (Å²) in [4.78, 5) is 0.